The summed E-state index contributed by atoms with van der Waals surface area (Å²) in [5.74, 6) is 0.888. The number of alkyl halides is 1. The summed E-state index contributed by atoms with van der Waals surface area (Å²) in [6, 6.07) is 4.89. The molecule has 0 bridgehead atoms. The molecule has 16 heavy (non-hydrogen) atoms. The van der Waals surface area contributed by atoms with Crippen molar-refractivity contribution in [1.29, 1.82) is 0 Å². The Balaban J connectivity index is 2.30. The van der Waals surface area contributed by atoms with E-state index >= 15 is 0 Å². The van der Waals surface area contributed by atoms with Gasteiger partial charge in [-0.05, 0) is 34.0 Å². The summed E-state index contributed by atoms with van der Waals surface area (Å²) in [7, 11) is 0. The molecule has 1 atom stereocenters. The van der Waals surface area contributed by atoms with Crippen molar-refractivity contribution in [3.8, 4) is 5.75 Å². The number of hydrogen-bond acceptors (Lipinski definition) is 2. The van der Waals surface area contributed by atoms with Gasteiger partial charge >= 0.3 is 0 Å². The molecule has 5 heteroatoms. The molecule has 0 aromatic heterocycles. The number of hydrogen-bond donors (Lipinski definition) is 1. The van der Waals surface area contributed by atoms with Crippen molar-refractivity contribution in [3.63, 3.8) is 0 Å². The highest BCUT2D eigenvalue weighted by molar-refractivity contribution is 9.10. The van der Waals surface area contributed by atoms with Crippen molar-refractivity contribution in [2.75, 3.05) is 17.3 Å². The number of aromatic hydroxyl groups is 1. The van der Waals surface area contributed by atoms with Crippen LogP contribution in [0.5, 0.6) is 5.75 Å². The highest BCUT2D eigenvalue weighted by Crippen LogP contribution is 2.34. The Morgan fingerprint density at radius 3 is 2.94 bits per heavy atom. The lowest BCUT2D eigenvalue weighted by Crippen LogP contribution is -2.24. The number of benzene rings is 1. The number of phenols is 1. The van der Waals surface area contributed by atoms with Gasteiger partial charge in [0.15, 0.2) is 0 Å². The van der Waals surface area contributed by atoms with Crippen molar-refractivity contribution < 1.29 is 9.90 Å². The summed E-state index contributed by atoms with van der Waals surface area (Å²) < 4.78 is 0.800. The number of carbonyl (C=O) groups excluding carboxylic acids is 1. The SMILES string of the molecule is O=C1CC(CCl)CN1c1cc(O)ccc1Br. The van der Waals surface area contributed by atoms with Crippen LogP contribution in [-0.4, -0.2) is 23.4 Å². The van der Waals surface area contributed by atoms with Crippen LogP contribution >= 0.6 is 27.5 Å². The first-order valence-electron chi connectivity index (χ1n) is 4.96. The van der Waals surface area contributed by atoms with Crippen molar-refractivity contribution in [1.82, 2.24) is 0 Å². The van der Waals surface area contributed by atoms with Gasteiger partial charge in [-0.3, -0.25) is 4.79 Å². The van der Waals surface area contributed by atoms with Crippen LogP contribution < -0.4 is 4.90 Å². The van der Waals surface area contributed by atoms with Gasteiger partial charge in [-0.1, -0.05) is 0 Å². The zero-order valence-electron chi connectivity index (χ0n) is 8.49. The number of anilines is 1. The second-order valence-corrected chi connectivity index (χ2v) is 5.03. The van der Waals surface area contributed by atoms with Crippen molar-refractivity contribution in [3.05, 3.63) is 22.7 Å². The molecule has 1 aliphatic heterocycles. The van der Waals surface area contributed by atoms with Gasteiger partial charge in [0.05, 0.1) is 5.69 Å². The second kappa shape index (κ2) is 4.63. The molecule has 1 amide bonds. The van der Waals surface area contributed by atoms with E-state index in [1.54, 1.807) is 23.1 Å². The molecule has 1 saturated heterocycles. The van der Waals surface area contributed by atoms with Gasteiger partial charge in [0.1, 0.15) is 5.75 Å². The lowest BCUT2D eigenvalue weighted by Gasteiger charge is -2.18. The number of rotatable bonds is 2. The van der Waals surface area contributed by atoms with E-state index in [0.29, 0.717) is 24.5 Å². The van der Waals surface area contributed by atoms with Gasteiger partial charge in [-0.15, -0.1) is 11.6 Å². The smallest absolute Gasteiger partial charge is 0.227 e. The number of halogens is 2. The Bertz CT molecular complexity index is 424. The molecule has 2 rings (SSSR count). The molecular formula is C11H11BrClNO2. The van der Waals surface area contributed by atoms with Crippen molar-refractivity contribution in [2.24, 2.45) is 5.92 Å². The first kappa shape index (κ1) is 11.7. The highest BCUT2D eigenvalue weighted by Gasteiger charge is 2.31. The quantitative estimate of drug-likeness (QED) is 0.854. The fraction of sp³-hybridized carbons (Fsp3) is 0.364. The van der Waals surface area contributed by atoms with Crippen LogP contribution in [0.2, 0.25) is 0 Å². The highest BCUT2D eigenvalue weighted by atomic mass is 79.9. The van der Waals surface area contributed by atoms with E-state index in [1.165, 1.54) is 0 Å². The molecule has 1 aliphatic rings. The minimum absolute atomic E-state index is 0.0527. The fourth-order valence-electron chi connectivity index (χ4n) is 1.83. The molecule has 1 fully saturated rings. The largest absolute Gasteiger partial charge is 0.508 e. The summed E-state index contributed by atoms with van der Waals surface area (Å²) >= 11 is 9.13. The maximum Gasteiger partial charge on any atom is 0.227 e. The van der Waals surface area contributed by atoms with Gasteiger partial charge in [0.2, 0.25) is 5.91 Å². The average molecular weight is 305 g/mol. The molecule has 86 valence electrons. The standard InChI is InChI=1S/C11H11BrClNO2/c12-9-2-1-8(15)4-10(9)14-6-7(5-13)3-11(14)16/h1-2,4,7,15H,3,5-6H2. The average Bonchev–Trinajstić information content (AvgIpc) is 2.63. The summed E-state index contributed by atoms with van der Waals surface area (Å²) in [5.41, 5.74) is 0.706. The third-order valence-corrected chi connectivity index (χ3v) is 3.75. The van der Waals surface area contributed by atoms with Crippen LogP contribution in [0, 0.1) is 5.92 Å². The van der Waals surface area contributed by atoms with Crippen LogP contribution in [0.25, 0.3) is 0 Å². The Morgan fingerprint density at radius 1 is 1.56 bits per heavy atom. The van der Waals surface area contributed by atoms with Crippen molar-refractivity contribution >= 4 is 39.1 Å². The predicted octanol–water partition coefficient (Wildman–Crippen LogP) is 2.75. The maximum atomic E-state index is 11.8. The molecule has 1 unspecified atom stereocenters. The number of nitrogens with zero attached hydrogens (tertiary/aromatic N) is 1. The second-order valence-electron chi connectivity index (χ2n) is 3.86. The van der Waals surface area contributed by atoms with Gasteiger partial charge in [0, 0.05) is 29.4 Å². The number of carbonyl (C=O) groups is 1. The van der Waals surface area contributed by atoms with E-state index < -0.39 is 0 Å². The molecule has 3 nitrogen and oxygen atoms in total. The van der Waals surface area contributed by atoms with E-state index in [9.17, 15) is 9.90 Å². The normalized spacial score (nSPS) is 20.5. The zero-order valence-corrected chi connectivity index (χ0v) is 10.8. The summed E-state index contributed by atoms with van der Waals surface area (Å²) in [6.07, 6.45) is 0.478. The third kappa shape index (κ3) is 2.18. The predicted molar refractivity (Wildman–Crippen MR) is 67.0 cm³/mol. The maximum absolute atomic E-state index is 11.8. The molecule has 0 saturated carbocycles. The molecule has 1 N–H and O–H groups in total. The first-order valence-corrected chi connectivity index (χ1v) is 6.29. The summed E-state index contributed by atoms with van der Waals surface area (Å²) in [4.78, 5) is 13.4. The van der Waals surface area contributed by atoms with Gasteiger partial charge in [-0.2, -0.15) is 0 Å². The number of amides is 1. The molecule has 0 aliphatic carbocycles. The number of phenolic OH excluding ortho intramolecular Hbond substituents is 1. The van der Waals surface area contributed by atoms with E-state index in [4.69, 9.17) is 11.6 Å². The van der Waals surface area contributed by atoms with E-state index in [0.717, 1.165) is 4.47 Å². The Kier molecular flexibility index (Phi) is 3.40. The van der Waals surface area contributed by atoms with Crippen LogP contribution in [0.1, 0.15) is 6.42 Å². The lowest BCUT2D eigenvalue weighted by atomic mass is 10.1. The minimum Gasteiger partial charge on any atom is -0.508 e. The third-order valence-electron chi connectivity index (χ3n) is 2.64. The fourth-order valence-corrected chi connectivity index (χ4v) is 2.49. The van der Waals surface area contributed by atoms with Gasteiger partial charge in [-0.25, -0.2) is 0 Å². The van der Waals surface area contributed by atoms with E-state index in [1.807, 2.05) is 0 Å². The monoisotopic (exact) mass is 303 g/mol. The Hall–Kier alpha value is -0.740. The lowest BCUT2D eigenvalue weighted by molar-refractivity contribution is -0.117. The molecule has 1 heterocycles. The zero-order chi connectivity index (χ0) is 11.7. The van der Waals surface area contributed by atoms with Crippen LogP contribution in [0.3, 0.4) is 0 Å². The summed E-state index contributed by atoms with van der Waals surface area (Å²) in [5, 5.41) is 9.42. The molecule has 0 spiro atoms. The molecule has 1 aromatic rings. The first-order chi connectivity index (χ1) is 7.61. The topological polar surface area (TPSA) is 40.5 Å². The molecule has 0 radical (unpaired) electrons. The molecule has 1 aromatic carbocycles. The van der Waals surface area contributed by atoms with E-state index in [-0.39, 0.29) is 17.6 Å². The Morgan fingerprint density at radius 2 is 2.31 bits per heavy atom. The van der Waals surface area contributed by atoms with Gasteiger partial charge < -0.3 is 10.0 Å². The van der Waals surface area contributed by atoms with Crippen LogP contribution in [0.4, 0.5) is 5.69 Å². The van der Waals surface area contributed by atoms with Gasteiger partial charge in [0.25, 0.3) is 0 Å². The van der Waals surface area contributed by atoms with E-state index in [2.05, 4.69) is 15.9 Å². The van der Waals surface area contributed by atoms with Crippen molar-refractivity contribution in [2.45, 2.75) is 6.42 Å². The summed E-state index contributed by atoms with van der Waals surface area (Å²) in [6.45, 7) is 0.615. The van der Waals surface area contributed by atoms with Crippen LogP contribution in [0.15, 0.2) is 22.7 Å². The minimum atomic E-state index is 0.0527. The Labute approximate surface area is 107 Å². The van der Waals surface area contributed by atoms with Crippen LogP contribution in [-0.2, 0) is 4.79 Å². The molecular weight excluding hydrogens is 293 g/mol.